The largest absolute Gasteiger partial charge is 0.459 e. The van der Waals surface area contributed by atoms with Gasteiger partial charge in [0.2, 0.25) is 0 Å². The van der Waals surface area contributed by atoms with E-state index in [9.17, 15) is 9.59 Å². The lowest BCUT2D eigenvalue weighted by atomic mass is 10.1. The number of H-pyrrole nitrogens is 1. The number of ether oxygens (including phenoxy) is 1. The summed E-state index contributed by atoms with van der Waals surface area (Å²) in [5.41, 5.74) is 2.10. The number of hydrogen-bond acceptors (Lipinski definition) is 5. The molecule has 0 spiro atoms. The monoisotopic (exact) mass is 354 g/mol. The Morgan fingerprint density at radius 3 is 2.60 bits per heavy atom. The molecular formula is C19H18N2O3S. The molecule has 3 aromatic rings. The molecule has 1 aromatic heterocycles. The molecular weight excluding hydrogens is 336 g/mol. The second kappa shape index (κ2) is 7.53. The molecule has 6 heteroatoms. The minimum Gasteiger partial charge on any atom is -0.459 e. The van der Waals surface area contributed by atoms with Gasteiger partial charge in [0, 0.05) is 5.75 Å². The second-order valence-corrected chi connectivity index (χ2v) is 6.79. The third-order valence-electron chi connectivity index (χ3n) is 3.50. The van der Waals surface area contributed by atoms with Crippen LogP contribution in [0.15, 0.2) is 58.5 Å². The SMILES string of the molecule is CC(C)OC(=O)c1ccc(CSc2nc3ccccc3c(=O)[nH]2)cc1. The van der Waals surface area contributed by atoms with Crippen LogP contribution in [0.1, 0.15) is 29.8 Å². The smallest absolute Gasteiger partial charge is 0.338 e. The maximum atomic E-state index is 12.1. The van der Waals surface area contributed by atoms with Gasteiger partial charge in [0.1, 0.15) is 0 Å². The molecule has 1 N–H and O–H groups in total. The molecule has 0 unspecified atom stereocenters. The molecule has 0 bridgehead atoms. The number of aromatic nitrogens is 2. The third kappa shape index (κ3) is 4.28. The number of thioether (sulfide) groups is 1. The lowest BCUT2D eigenvalue weighted by Gasteiger charge is -2.08. The zero-order valence-electron chi connectivity index (χ0n) is 14.0. The predicted octanol–water partition coefficient (Wildman–Crippen LogP) is 3.78. The van der Waals surface area contributed by atoms with Crippen LogP contribution in [0.3, 0.4) is 0 Å². The molecule has 0 saturated heterocycles. The van der Waals surface area contributed by atoms with E-state index in [1.54, 1.807) is 18.2 Å². The zero-order valence-corrected chi connectivity index (χ0v) is 14.8. The number of rotatable bonds is 5. The van der Waals surface area contributed by atoms with Crippen LogP contribution in [0.5, 0.6) is 0 Å². The molecule has 0 aliphatic rings. The van der Waals surface area contributed by atoms with Crippen molar-refractivity contribution >= 4 is 28.6 Å². The normalized spacial score (nSPS) is 11.0. The average molecular weight is 354 g/mol. The van der Waals surface area contributed by atoms with Crippen LogP contribution in [0.4, 0.5) is 0 Å². The molecule has 1 heterocycles. The Kier molecular flexibility index (Phi) is 5.19. The molecule has 5 nitrogen and oxygen atoms in total. The van der Waals surface area contributed by atoms with Gasteiger partial charge < -0.3 is 9.72 Å². The van der Waals surface area contributed by atoms with Crippen LogP contribution in [-0.2, 0) is 10.5 Å². The van der Waals surface area contributed by atoms with E-state index in [0.717, 1.165) is 5.56 Å². The van der Waals surface area contributed by atoms with Crippen molar-refractivity contribution in [3.8, 4) is 0 Å². The lowest BCUT2D eigenvalue weighted by molar-refractivity contribution is 0.0378. The first-order valence-electron chi connectivity index (χ1n) is 7.95. The molecule has 3 rings (SSSR count). The van der Waals surface area contributed by atoms with E-state index in [-0.39, 0.29) is 17.6 Å². The van der Waals surface area contributed by atoms with Gasteiger partial charge in [-0.25, -0.2) is 9.78 Å². The quantitative estimate of drug-likeness (QED) is 0.429. The summed E-state index contributed by atoms with van der Waals surface area (Å²) >= 11 is 1.44. The number of esters is 1. The van der Waals surface area contributed by atoms with Gasteiger partial charge in [-0.1, -0.05) is 36.0 Å². The van der Waals surface area contributed by atoms with Gasteiger partial charge in [-0.2, -0.15) is 0 Å². The van der Waals surface area contributed by atoms with Crippen LogP contribution in [0.2, 0.25) is 0 Å². The number of aromatic amines is 1. The van der Waals surface area contributed by atoms with E-state index in [0.29, 0.717) is 27.4 Å². The van der Waals surface area contributed by atoms with Crippen molar-refractivity contribution in [2.24, 2.45) is 0 Å². The van der Waals surface area contributed by atoms with E-state index in [4.69, 9.17) is 4.74 Å². The first-order valence-corrected chi connectivity index (χ1v) is 8.93. The number of fused-ring (bicyclic) bond motifs is 1. The Morgan fingerprint density at radius 2 is 1.88 bits per heavy atom. The number of carbonyl (C=O) groups is 1. The van der Waals surface area contributed by atoms with Gasteiger partial charge in [0.05, 0.1) is 22.6 Å². The van der Waals surface area contributed by atoms with Crippen molar-refractivity contribution in [3.63, 3.8) is 0 Å². The van der Waals surface area contributed by atoms with Gasteiger partial charge in [-0.05, 0) is 43.7 Å². The maximum Gasteiger partial charge on any atom is 0.338 e. The van der Waals surface area contributed by atoms with Crippen LogP contribution in [0, 0.1) is 0 Å². The standard InChI is InChI=1S/C19H18N2O3S/c1-12(2)24-18(23)14-9-7-13(8-10-14)11-25-19-20-16-6-4-3-5-15(16)17(22)21-19/h3-10,12H,11H2,1-2H3,(H,20,21,22). The van der Waals surface area contributed by atoms with E-state index < -0.39 is 0 Å². The van der Waals surface area contributed by atoms with Crippen LogP contribution in [-0.4, -0.2) is 22.0 Å². The average Bonchev–Trinajstić information content (AvgIpc) is 2.60. The molecule has 2 aromatic carbocycles. The second-order valence-electron chi connectivity index (χ2n) is 5.83. The highest BCUT2D eigenvalue weighted by atomic mass is 32.2. The Labute approximate surface area is 149 Å². The first kappa shape index (κ1) is 17.2. The van der Waals surface area contributed by atoms with E-state index in [2.05, 4.69) is 9.97 Å². The van der Waals surface area contributed by atoms with Crippen LogP contribution < -0.4 is 5.56 Å². The van der Waals surface area contributed by atoms with E-state index in [1.807, 2.05) is 44.2 Å². The summed E-state index contributed by atoms with van der Waals surface area (Å²) in [7, 11) is 0. The molecule has 0 atom stereocenters. The molecule has 0 fully saturated rings. The van der Waals surface area contributed by atoms with E-state index in [1.165, 1.54) is 11.8 Å². The van der Waals surface area contributed by atoms with Crippen molar-refractivity contribution in [1.82, 2.24) is 9.97 Å². The summed E-state index contributed by atoms with van der Waals surface area (Å²) in [5, 5.41) is 1.16. The third-order valence-corrected chi connectivity index (χ3v) is 4.44. The minimum absolute atomic E-state index is 0.139. The van der Waals surface area contributed by atoms with Crippen molar-refractivity contribution in [3.05, 3.63) is 70.0 Å². The molecule has 0 saturated carbocycles. The van der Waals surface area contributed by atoms with Gasteiger partial charge >= 0.3 is 5.97 Å². The molecule has 0 amide bonds. The molecule has 128 valence electrons. The Morgan fingerprint density at radius 1 is 1.16 bits per heavy atom. The molecule has 0 aliphatic heterocycles. The molecule has 0 aliphatic carbocycles. The minimum atomic E-state index is -0.324. The highest BCUT2D eigenvalue weighted by molar-refractivity contribution is 7.98. The maximum absolute atomic E-state index is 12.1. The summed E-state index contributed by atoms with van der Waals surface area (Å²) in [5.74, 6) is 0.315. The van der Waals surface area contributed by atoms with Crippen molar-refractivity contribution < 1.29 is 9.53 Å². The topological polar surface area (TPSA) is 72.0 Å². The Bertz CT molecular complexity index is 949. The number of benzene rings is 2. The van der Waals surface area contributed by atoms with Gasteiger partial charge in [0.25, 0.3) is 5.56 Å². The molecule has 25 heavy (non-hydrogen) atoms. The fourth-order valence-electron chi connectivity index (χ4n) is 2.30. The number of hydrogen-bond donors (Lipinski definition) is 1. The van der Waals surface area contributed by atoms with Crippen LogP contribution in [0.25, 0.3) is 10.9 Å². The summed E-state index contributed by atoms with van der Waals surface area (Å²) < 4.78 is 5.17. The van der Waals surface area contributed by atoms with Crippen molar-refractivity contribution in [1.29, 1.82) is 0 Å². The van der Waals surface area contributed by atoms with Gasteiger partial charge in [-0.15, -0.1) is 0 Å². The number of nitrogens with one attached hydrogen (secondary N) is 1. The summed E-state index contributed by atoms with van der Waals surface area (Å²) in [6, 6.07) is 14.5. The summed E-state index contributed by atoms with van der Waals surface area (Å²) in [4.78, 5) is 31.1. The summed E-state index contributed by atoms with van der Waals surface area (Å²) in [6.45, 7) is 3.64. The Balaban J connectivity index is 1.69. The van der Waals surface area contributed by atoms with E-state index >= 15 is 0 Å². The fraction of sp³-hybridized carbons (Fsp3) is 0.211. The van der Waals surface area contributed by atoms with Crippen molar-refractivity contribution in [2.45, 2.75) is 30.9 Å². The summed E-state index contributed by atoms with van der Waals surface area (Å²) in [6.07, 6.45) is -0.140. The number of para-hydroxylation sites is 1. The predicted molar refractivity (Wildman–Crippen MR) is 98.9 cm³/mol. The fourth-order valence-corrected chi connectivity index (χ4v) is 3.13. The highest BCUT2D eigenvalue weighted by Gasteiger charge is 2.09. The van der Waals surface area contributed by atoms with Crippen molar-refractivity contribution in [2.75, 3.05) is 0 Å². The first-order chi connectivity index (χ1) is 12.0. The zero-order chi connectivity index (χ0) is 17.8. The molecule has 0 radical (unpaired) electrons. The lowest BCUT2D eigenvalue weighted by Crippen LogP contribution is -2.11. The van der Waals surface area contributed by atoms with Gasteiger partial charge in [-0.3, -0.25) is 4.79 Å². The highest BCUT2D eigenvalue weighted by Crippen LogP contribution is 2.20. The number of carbonyl (C=O) groups excluding carboxylic acids is 1. The number of nitrogens with zero attached hydrogens (tertiary/aromatic N) is 1. The Hall–Kier alpha value is -2.60. The van der Waals surface area contributed by atoms with Crippen LogP contribution >= 0.6 is 11.8 Å². The van der Waals surface area contributed by atoms with Gasteiger partial charge in [0.15, 0.2) is 5.16 Å².